The predicted octanol–water partition coefficient (Wildman–Crippen LogP) is 2.39. The summed E-state index contributed by atoms with van der Waals surface area (Å²) in [5, 5.41) is 16.5. The maximum absolute atomic E-state index is 9.00. The van der Waals surface area contributed by atoms with Crippen LogP contribution < -0.4 is 4.74 Å². The zero-order valence-corrected chi connectivity index (χ0v) is 12.0. The molecule has 2 aromatic rings. The second kappa shape index (κ2) is 5.95. The van der Waals surface area contributed by atoms with Crippen LogP contribution in [-0.4, -0.2) is 25.7 Å². The highest BCUT2D eigenvalue weighted by Gasteiger charge is 2.22. The van der Waals surface area contributed by atoms with Gasteiger partial charge >= 0.3 is 0 Å². The Kier molecular flexibility index (Phi) is 3.85. The summed E-state index contributed by atoms with van der Waals surface area (Å²) in [6.45, 7) is 3.33. The van der Waals surface area contributed by atoms with Crippen molar-refractivity contribution >= 4 is 5.71 Å². The molecule has 3 rings (SSSR count). The Labute approximate surface area is 123 Å². The number of aromatic nitrogens is 3. The molecule has 0 aliphatic heterocycles. The highest BCUT2D eigenvalue weighted by Crippen LogP contribution is 2.31. The van der Waals surface area contributed by atoms with Crippen molar-refractivity contribution in [1.82, 2.24) is 14.8 Å². The summed E-state index contributed by atoms with van der Waals surface area (Å²) in [4.78, 5) is 4.24. The number of benzene rings is 1. The normalized spacial score (nSPS) is 15.4. The fraction of sp³-hybridized carbons (Fsp3) is 0.400. The van der Waals surface area contributed by atoms with Gasteiger partial charge in [-0.3, -0.25) is 0 Å². The number of hydrogen-bond donors (Lipinski definition) is 1. The molecule has 1 aromatic heterocycles. The van der Waals surface area contributed by atoms with Crippen molar-refractivity contribution in [3.63, 3.8) is 0 Å². The molecule has 0 amide bonds. The Hall–Kier alpha value is -2.37. The van der Waals surface area contributed by atoms with Gasteiger partial charge in [-0.1, -0.05) is 24.2 Å². The van der Waals surface area contributed by atoms with Crippen LogP contribution in [0.1, 0.15) is 36.7 Å². The van der Waals surface area contributed by atoms with Gasteiger partial charge in [0.1, 0.15) is 18.7 Å². The van der Waals surface area contributed by atoms with Crippen molar-refractivity contribution < 1.29 is 9.94 Å². The van der Waals surface area contributed by atoms with Crippen LogP contribution in [0.2, 0.25) is 0 Å². The zero-order valence-electron chi connectivity index (χ0n) is 12.0. The van der Waals surface area contributed by atoms with E-state index in [1.807, 2.05) is 22.9 Å². The van der Waals surface area contributed by atoms with E-state index in [1.165, 1.54) is 0 Å². The van der Waals surface area contributed by atoms with E-state index in [1.54, 1.807) is 6.33 Å². The first kappa shape index (κ1) is 13.6. The Morgan fingerprint density at radius 3 is 3.10 bits per heavy atom. The fourth-order valence-corrected chi connectivity index (χ4v) is 2.65. The van der Waals surface area contributed by atoms with Crippen LogP contribution in [0.3, 0.4) is 0 Å². The minimum Gasteiger partial charge on any atom is -0.485 e. The largest absolute Gasteiger partial charge is 0.485 e. The Bertz CT molecular complexity index is 663. The second-order valence-corrected chi connectivity index (χ2v) is 5.02. The first-order valence-corrected chi connectivity index (χ1v) is 7.16. The van der Waals surface area contributed by atoms with Gasteiger partial charge in [-0.15, -0.1) is 0 Å². The van der Waals surface area contributed by atoms with Gasteiger partial charge in [0.2, 0.25) is 0 Å². The molecule has 0 radical (unpaired) electrons. The molecule has 0 unspecified atom stereocenters. The highest BCUT2D eigenvalue weighted by atomic mass is 16.5. The van der Waals surface area contributed by atoms with Gasteiger partial charge in [0, 0.05) is 17.7 Å². The molecule has 0 bridgehead atoms. The van der Waals surface area contributed by atoms with Crippen LogP contribution in [0.15, 0.2) is 29.7 Å². The standard InChI is InChI=1S/C15H18N4O2/c1-2-8-19-15(16-10-17-19)9-21-14-5-3-4-11-12(14)6-7-13(11)18-20/h3-5,10,20H,2,6-9H2,1H3. The Morgan fingerprint density at radius 2 is 2.29 bits per heavy atom. The lowest BCUT2D eigenvalue weighted by atomic mass is 10.1. The van der Waals surface area contributed by atoms with E-state index in [2.05, 4.69) is 22.2 Å². The molecule has 1 heterocycles. The van der Waals surface area contributed by atoms with E-state index in [-0.39, 0.29) is 0 Å². The Balaban J connectivity index is 1.78. The number of hydrogen-bond acceptors (Lipinski definition) is 5. The molecule has 6 heteroatoms. The van der Waals surface area contributed by atoms with E-state index in [0.717, 1.165) is 54.2 Å². The minimum absolute atomic E-state index is 0.391. The SMILES string of the molecule is CCCn1ncnc1COc1cccc2c1CCC2=NO. The molecule has 1 aliphatic carbocycles. The number of nitrogens with zero attached hydrogens (tertiary/aromatic N) is 4. The van der Waals surface area contributed by atoms with Crippen molar-refractivity contribution in [3.8, 4) is 5.75 Å². The van der Waals surface area contributed by atoms with Crippen LogP contribution >= 0.6 is 0 Å². The molecule has 6 nitrogen and oxygen atoms in total. The smallest absolute Gasteiger partial charge is 0.164 e. The first-order chi connectivity index (χ1) is 10.3. The summed E-state index contributed by atoms with van der Waals surface area (Å²) < 4.78 is 7.78. The lowest BCUT2D eigenvalue weighted by Gasteiger charge is -2.10. The average molecular weight is 286 g/mol. The molecule has 1 aromatic carbocycles. The van der Waals surface area contributed by atoms with E-state index >= 15 is 0 Å². The summed E-state index contributed by atoms with van der Waals surface area (Å²) in [5.41, 5.74) is 2.81. The Morgan fingerprint density at radius 1 is 1.38 bits per heavy atom. The van der Waals surface area contributed by atoms with Crippen LogP contribution in [-0.2, 0) is 19.6 Å². The maximum Gasteiger partial charge on any atom is 0.164 e. The van der Waals surface area contributed by atoms with Gasteiger partial charge in [0.25, 0.3) is 0 Å². The van der Waals surface area contributed by atoms with Crippen LogP contribution in [0, 0.1) is 0 Å². The van der Waals surface area contributed by atoms with Crippen molar-refractivity contribution in [1.29, 1.82) is 0 Å². The number of oxime groups is 1. The lowest BCUT2D eigenvalue weighted by molar-refractivity contribution is 0.283. The highest BCUT2D eigenvalue weighted by molar-refractivity contribution is 6.04. The van der Waals surface area contributed by atoms with Crippen molar-refractivity contribution in [3.05, 3.63) is 41.5 Å². The van der Waals surface area contributed by atoms with Crippen molar-refractivity contribution in [2.75, 3.05) is 0 Å². The predicted molar refractivity (Wildman–Crippen MR) is 77.7 cm³/mol. The molecular weight excluding hydrogens is 268 g/mol. The van der Waals surface area contributed by atoms with E-state index in [4.69, 9.17) is 9.94 Å². The van der Waals surface area contributed by atoms with Gasteiger partial charge in [0.15, 0.2) is 5.82 Å². The van der Waals surface area contributed by atoms with Crippen LogP contribution in [0.4, 0.5) is 0 Å². The molecule has 0 spiro atoms. The van der Waals surface area contributed by atoms with Gasteiger partial charge < -0.3 is 9.94 Å². The third-order valence-electron chi connectivity index (χ3n) is 3.66. The molecule has 21 heavy (non-hydrogen) atoms. The summed E-state index contributed by atoms with van der Waals surface area (Å²) in [7, 11) is 0. The van der Waals surface area contributed by atoms with Crippen LogP contribution in [0.5, 0.6) is 5.75 Å². The van der Waals surface area contributed by atoms with Crippen LogP contribution in [0.25, 0.3) is 0 Å². The third-order valence-corrected chi connectivity index (χ3v) is 3.66. The molecule has 1 N–H and O–H groups in total. The first-order valence-electron chi connectivity index (χ1n) is 7.16. The van der Waals surface area contributed by atoms with Gasteiger partial charge in [-0.2, -0.15) is 5.10 Å². The van der Waals surface area contributed by atoms with Gasteiger partial charge in [-0.25, -0.2) is 9.67 Å². The fourth-order valence-electron chi connectivity index (χ4n) is 2.65. The van der Waals surface area contributed by atoms with E-state index in [0.29, 0.717) is 6.61 Å². The molecular formula is C15H18N4O2. The topological polar surface area (TPSA) is 72.5 Å². The number of aryl methyl sites for hydroxylation is 1. The lowest BCUT2D eigenvalue weighted by Crippen LogP contribution is -2.09. The zero-order chi connectivity index (χ0) is 14.7. The summed E-state index contributed by atoms with van der Waals surface area (Å²) in [5.74, 6) is 1.65. The number of fused-ring (bicyclic) bond motifs is 1. The molecule has 110 valence electrons. The molecule has 0 atom stereocenters. The van der Waals surface area contributed by atoms with E-state index < -0.39 is 0 Å². The summed E-state index contributed by atoms with van der Waals surface area (Å²) >= 11 is 0. The van der Waals surface area contributed by atoms with E-state index in [9.17, 15) is 0 Å². The molecule has 0 saturated heterocycles. The second-order valence-electron chi connectivity index (χ2n) is 5.02. The third kappa shape index (κ3) is 2.61. The molecule has 0 saturated carbocycles. The average Bonchev–Trinajstić information content (AvgIpc) is 3.12. The van der Waals surface area contributed by atoms with Crippen molar-refractivity contribution in [2.45, 2.75) is 39.3 Å². The van der Waals surface area contributed by atoms with Gasteiger partial charge in [-0.05, 0) is 25.3 Å². The summed E-state index contributed by atoms with van der Waals surface area (Å²) in [6, 6.07) is 5.82. The maximum atomic E-state index is 9.00. The number of rotatable bonds is 5. The summed E-state index contributed by atoms with van der Waals surface area (Å²) in [6.07, 6.45) is 4.15. The monoisotopic (exact) mass is 286 g/mol. The van der Waals surface area contributed by atoms with Crippen molar-refractivity contribution in [2.24, 2.45) is 5.16 Å². The molecule has 0 fully saturated rings. The minimum atomic E-state index is 0.391. The quantitative estimate of drug-likeness (QED) is 0.676. The number of ether oxygens (including phenoxy) is 1. The van der Waals surface area contributed by atoms with Gasteiger partial charge in [0.05, 0.1) is 5.71 Å². The molecule has 1 aliphatic rings.